The number of nitrogens with one attached hydrogen (secondary N) is 1. The first kappa shape index (κ1) is 15.1. The van der Waals surface area contributed by atoms with Gasteiger partial charge in [-0.15, -0.1) is 0 Å². The zero-order valence-corrected chi connectivity index (χ0v) is 11.4. The number of unbranched alkanes of at least 4 members (excludes halogenated alkanes) is 3. The SMILES string of the molecule is CCCCCCNC(=O)Cn1cc([N+](=O)[O-])c(C)n1. The third kappa shape index (κ3) is 5.07. The Morgan fingerprint density at radius 1 is 1.47 bits per heavy atom. The third-order valence-electron chi connectivity index (χ3n) is 2.78. The van der Waals surface area contributed by atoms with Gasteiger partial charge in [-0.2, -0.15) is 5.10 Å². The number of aromatic nitrogens is 2. The predicted molar refractivity (Wildman–Crippen MR) is 70.8 cm³/mol. The van der Waals surface area contributed by atoms with Crippen molar-refractivity contribution < 1.29 is 9.72 Å². The van der Waals surface area contributed by atoms with Crippen molar-refractivity contribution in [3.63, 3.8) is 0 Å². The van der Waals surface area contributed by atoms with E-state index in [0.29, 0.717) is 12.2 Å². The normalized spacial score (nSPS) is 10.4. The van der Waals surface area contributed by atoms with Gasteiger partial charge >= 0.3 is 5.69 Å². The Balaban J connectivity index is 2.36. The number of hydrogen-bond acceptors (Lipinski definition) is 4. The first-order valence-electron chi connectivity index (χ1n) is 6.49. The molecule has 19 heavy (non-hydrogen) atoms. The molecule has 1 amide bonds. The van der Waals surface area contributed by atoms with Gasteiger partial charge in [0.25, 0.3) is 0 Å². The second kappa shape index (κ2) is 7.50. The molecule has 1 N–H and O–H groups in total. The number of hydrogen-bond donors (Lipinski definition) is 1. The summed E-state index contributed by atoms with van der Waals surface area (Å²) < 4.78 is 1.30. The lowest BCUT2D eigenvalue weighted by Crippen LogP contribution is -2.28. The van der Waals surface area contributed by atoms with Crippen molar-refractivity contribution in [1.29, 1.82) is 0 Å². The molecule has 1 heterocycles. The molecule has 0 saturated carbocycles. The molecule has 1 aromatic rings. The zero-order valence-electron chi connectivity index (χ0n) is 11.4. The quantitative estimate of drug-likeness (QED) is 0.442. The molecule has 106 valence electrons. The van der Waals surface area contributed by atoms with Crippen LogP contribution in [0.3, 0.4) is 0 Å². The standard InChI is InChI=1S/C12H20N4O3/c1-3-4-5-6-7-13-12(17)9-15-8-11(16(18)19)10(2)14-15/h8H,3-7,9H2,1-2H3,(H,13,17). The third-order valence-corrected chi connectivity index (χ3v) is 2.78. The summed E-state index contributed by atoms with van der Waals surface area (Å²) >= 11 is 0. The molecule has 7 heteroatoms. The molecule has 0 aliphatic carbocycles. The monoisotopic (exact) mass is 268 g/mol. The molecule has 0 radical (unpaired) electrons. The highest BCUT2D eigenvalue weighted by Crippen LogP contribution is 2.14. The number of amides is 1. The molecule has 0 fully saturated rings. The fourth-order valence-electron chi connectivity index (χ4n) is 1.75. The maximum atomic E-state index is 11.6. The largest absolute Gasteiger partial charge is 0.354 e. The average molecular weight is 268 g/mol. The van der Waals surface area contributed by atoms with Crippen molar-refractivity contribution in [1.82, 2.24) is 15.1 Å². The van der Waals surface area contributed by atoms with E-state index in [1.807, 2.05) is 0 Å². The minimum absolute atomic E-state index is 0.0163. The lowest BCUT2D eigenvalue weighted by molar-refractivity contribution is -0.385. The molecule has 0 spiro atoms. The van der Waals surface area contributed by atoms with Gasteiger partial charge in [0, 0.05) is 6.54 Å². The van der Waals surface area contributed by atoms with Gasteiger partial charge in [0.2, 0.25) is 5.91 Å². The number of carbonyl (C=O) groups excluding carboxylic acids is 1. The second-order valence-electron chi connectivity index (χ2n) is 4.47. The van der Waals surface area contributed by atoms with Gasteiger partial charge in [-0.25, -0.2) is 0 Å². The fraction of sp³-hybridized carbons (Fsp3) is 0.667. The van der Waals surface area contributed by atoms with Crippen LogP contribution in [-0.2, 0) is 11.3 Å². The van der Waals surface area contributed by atoms with E-state index in [1.165, 1.54) is 17.3 Å². The van der Waals surface area contributed by atoms with Crippen molar-refractivity contribution in [2.45, 2.75) is 46.1 Å². The van der Waals surface area contributed by atoms with E-state index < -0.39 is 4.92 Å². The number of nitro groups is 1. The maximum absolute atomic E-state index is 11.6. The van der Waals surface area contributed by atoms with Gasteiger partial charge in [0.15, 0.2) is 0 Å². The van der Waals surface area contributed by atoms with Gasteiger partial charge < -0.3 is 5.32 Å². The van der Waals surface area contributed by atoms with Crippen molar-refractivity contribution in [3.05, 3.63) is 22.0 Å². The van der Waals surface area contributed by atoms with E-state index >= 15 is 0 Å². The van der Waals surface area contributed by atoms with Crippen molar-refractivity contribution in [2.75, 3.05) is 6.54 Å². The van der Waals surface area contributed by atoms with Crippen molar-refractivity contribution in [3.8, 4) is 0 Å². The summed E-state index contributed by atoms with van der Waals surface area (Å²) in [6.07, 6.45) is 5.66. The molecule has 0 aromatic carbocycles. The molecule has 7 nitrogen and oxygen atoms in total. The highest BCUT2D eigenvalue weighted by Gasteiger charge is 2.16. The molecule has 0 aliphatic rings. The summed E-state index contributed by atoms with van der Waals surface area (Å²) in [5.74, 6) is -0.172. The summed E-state index contributed by atoms with van der Waals surface area (Å²) in [6, 6.07) is 0. The molecular weight excluding hydrogens is 248 g/mol. The molecule has 0 atom stereocenters. The average Bonchev–Trinajstić information content (AvgIpc) is 2.70. The molecule has 0 bridgehead atoms. The van der Waals surface area contributed by atoms with Crippen molar-refractivity contribution >= 4 is 11.6 Å². The Morgan fingerprint density at radius 2 is 2.21 bits per heavy atom. The van der Waals surface area contributed by atoms with Gasteiger partial charge in [-0.3, -0.25) is 19.6 Å². The van der Waals surface area contributed by atoms with E-state index in [0.717, 1.165) is 19.3 Å². The number of carbonyl (C=O) groups is 1. The lowest BCUT2D eigenvalue weighted by atomic mass is 10.2. The minimum atomic E-state index is -0.499. The summed E-state index contributed by atoms with van der Waals surface area (Å²) in [5.41, 5.74) is 0.261. The van der Waals surface area contributed by atoms with E-state index in [1.54, 1.807) is 6.92 Å². The van der Waals surface area contributed by atoms with Crippen LogP contribution in [-0.4, -0.2) is 27.2 Å². The first-order chi connectivity index (χ1) is 9.04. The van der Waals surface area contributed by atoms with Crippen LogP contribution in [0.2, 0.25) is 0 Å². The Hall–Kier alpha value is -1.92. The highest BCUT2D eigenvalue weighted by atomic mass is 16.6. The van der Waals surface area contributed by atoms with Crippen LogP contribution in [0.15, 0.2) is 6.20 Å². The second-order valence-corrected chi connectivity index (χ2v) is 4.47. The molecular formula is C12H20N4O3. The highest BCUT2D eigenvalue weighted by molar-refractivity contribution is 5.75. The Morgan fingerprint density at radius 3 is 2.79 bits per heavy atom. The van der Waals surface area contributed by atoms with Crippen LogP contribution in [0.4, 0.5) is 5.69 Å². The van der Waals surface area contributed by atoms with Crippen LogP contribution < -0.4 is 5.32 Å². The van der Waals surface area contributed by atoms with Gasteiger partial charge in [0.05, 0.1) is 4.92 Å². The summed E-state index contributed by atoms with van der Waals surface area (Å²) in [4.78, 5) is 21.7. The molecule has 0 aliphatic heterocycles. The van der Waals surface area contributed by atoms with E-state index in [-0.39, 0.29) is 18.1 Å². The van der Waals surface area contributed by atoms with E-state index in [2.05, 4.69) is 17.3 Å². The Bertz CT molecular complexity index is 442. The van der Waals surface area contributed by atoms with E-state index in [9.17, 15) is 14.9 Å². The molecule has 1 aromatic heterocycles. The summed E-state index contributed by atoms with van der Waals surface area (Å²) in [7, 11) is 0. The Labute approximate surface area is 112 Å². The van der Waals surface area contributed by atoms with Gasteiger partial charge in [-0.05, 0) is 13.3 Å². The first-order valence-corrected chi connectivity index (χ1v) is 6.49. The smallest absolute Gasteiger partial charge is 0.309 e. The van der Waals surface area contributed by atoms with Crippen LogP contribution in [0.25, 0.3) is 0 Å². The maximum Gasteiger partial charge on any atom is 0.309 e. The number of nitrogens with zero attached hydrogens (tertiary/aromatic N) is 3. The van der Waals surface area contributed by atoms with Crippen molar-refractivity contribution in [2.24, 2.45) is 0 Å². The molecule has 0 unspecified atom stereocenters. The van der Waals surface area contributed by atoms with Crippen LogP contribution in [0, 0.1) is 17.0 Å². The number of aryl methyl sites for hydroxylation is 1. The topological polar surface area (TPSA) is 90.1 Å². The van der Waals surface area contributed by atoms with Crippen LogP contribution in [0.1, 0.15) is 38.3 Å². The summed E-state index contributed by atoms with van der Waals surface area (Å²) in [5, 5.41) is 17.4. The zero-order chi connectivity index (χ0) is 14.3. The lowest BCUT2D eigenvalue weighted by Gasteiger charge is -2.04. The summed E-state index contributed by atoms with van der Waals surface area (Å²) in [6.45, 7) is 4.34. The van der Waals surface area contributed by atoms with Gasteiger partial charge in [0.1, 0.15) is 18.4 Å². The predicted octanol–water partition coefficient (Wildman–Crippen LogP) is 1.80. The number of rotatable bonds is 8. The van der Waals surface area contributed by atoms with E-state index in [4.69, 9.17) is 0 Å². The molecule has 1 rings (SSSR count). The van der Waals surface area contributed by atoms with Gasteiger partial charge in [-0.1, -0.05) is 26.2 Å². The Kier molecular flexibility index (Phi) is 5.98. The fourth-order valence-corrected chi connectivity index (χ4v) is 1.75. The molecule has 0 saturated heterocycles. The van der Waals surface area contributed by atoms with Crippen LogP contribution >= 0.6 is 0 Å². The minimum Gasteiger partial charge on any atom is -0.354 e. The van der Waals surface area contributed by atoms with Crippen LogP contribution in [0.5, 0.6) is 0 Å².